The van der Waals surface area contributed by atoms with Crippen LogP contribution in [0.5, 0.6) is 0 Å². The molecular weight excluding hydrogens is 217 g/mol. The first-order chi connectivity index (χ1) is 7.97. The molecule has 1 aliphatic rings. The van der Waals surface area contributed by atoms with E-state index in [0.717, 1.165) is 18.8 Å². The third kappa shape index (κ3) is 3.05. The Labute approximate surface area is 102 Å². The second kappa shape index (κ2) is 4.75. The van der Waals surface area contributed by atoms with Gasteiger partial charge < -0.3 is 10.1 Å². The Morgan fingerprint density at radius 1 is 1.24 bits per heavy atom. The molecule has 17 heavy (non-hydrogen) atoms. The van der Waals surface area contributed by atoms with E-state index in [1.54, 1.807) is 0 Å². The smallest absolute Gasteiger partial charge is 0.123 e. The SMILES string of the molecule is CC(C)(C)C(NC1COC1)c1ccc(F)cc1. The van der Waals surface area contributed by atoms with Crippen molar-refractivity contribution in [2.45, 2.75) is 32.9 Å². The summed E-state index contributed by atoms with van der Waals surface area (Å²) in [5, 5.41) is 3.58. The van der Waals surface area contributed by atoms with Gasteiger partial charge in [0.15, 0.2) is 0 Å². The van der Waals surface area contributed by atoms with Gasteiger partial charge in [-0.25, -0.2) is 4.39 Å². The molecule has 2 nitrogen and oxygen atoms in total. The van der Waals surface area contributed by atoms with Gasteiger partial charge in [0.05, 0.1) is 19.3 Å². The van der Waals surface area contributed by atoms with E-state index >= 15 is 0 Å². The molecule has 1 aliphatic heterocycles. The minimum Gasteiger partial charge on any atom is -0.378 e. The highest BCUT2D eigenvalue weighted by Gasteiger charge is 2.30. The van der Waals surface area contributed by atoms with Crippen LogP contribution in [0.1, 0.15) is 32.4 Å². The van der Waals surface area contributed by atoms with E-state index < -0.39 is 0 Å². The van der Waals surface area contributed by atoms with Gasteiger partial charge in [-0.05, 0) is 23.1 Å². The van der Waals surface area contributed by atoms with Crippen LogP contribution in [0.25, 0.3) is 0 Å². The van der Waals surface area contributed by atoms with Crippen LogP contribution in [0.3, 0.4) is 0 Å². The fourth-order valence-electron chi connectivity index (χ4n) is 2.07. The molecule has 1 N–H and O–H groups in total. The Morgan fingerprint density at radius 2 is 1.82 bits per heavy atom. The molecule has 94 valence electrons. The first-order valence-electron chi connectivity index (χ1n) is 6.06. The third-order valence-electron chi connectivity index (χ3n) is 3.11. The molecule has 1 unspecified atom stereocenters. The van der Waals surface area contributed by atoms with Crippen LogP contribution < -0.4 is 5.32 Å². The van der Waals surface area contributed by atoms with Gasteiger partial charge in [-0.2, -0.15) is 0 Å². The average Bonchev–Trinajstić information content (AvgIpc) is 2.16. The maximum atomic E-state index is 12.9. The summed E-state index contributed by atoms with van der Waals surface area (Å²) in [6, 6.07) is 7.40. The molecule has 0 spiro atoms. The van der Waals surface area contributed by atoms with Gasteiger partial charge in [0.2, 0.25) is 0 Å². The largest absolute Gasteiger partial charge is 0.378 e. The number of nitrogens with one attached hydrogen (secondary N) is 1. The van der Waals surface area contributed by atoms with Gasteiger partial charge >= 0.3 is 0 Å². The fraction of sp³-hybridized carbons (Fsp3) is 0.571. The Kier molecular flexibility index (Phi) is 3.50. The molecule has 1 atom stereocenters. The van der Waals surface area contributed by atoms with E-state index in [0.29, 0.717) is 6.04 Å². The Hall–Kier alpha value is -0.930. The molecule has 1 fully saturated rings. The highest BCUT2D eigenvalue weighted by atomic mass is 19.1. The summed E-state index contributed by atoms with van der Waals surface area (Å²) in [5.74, 6) is -0.187. The zero-order chi connectivity index (χ0) is 12.5. The highest BCUT2D eigenvalue weighted by Crippen LogP contribution is 2.33. The average molecular weight is 237 g/mol. The minimum atomic E-state index is -0.187. The van der Waals surface area contributed by atoms with Crippen molar-refractivity contribution in [1.82, 2.24) is 5.32 Å². The van der Waals surface area contributed by atoms with E-state index in [1.165, 1.54) is 12.1 Å². The molecule has 0 aliphatic carbocycles. The standard InChI is InChI=1S/C14H20FNO/c1-14(2,3)13(16-12-8-17-9-12)10-4-6-11(15)7-5-10/h4-7,12-13,16H,8-9H2,1-3H3. The van der Waals surface area contributed by atoms with Gasteiger partial charge in [-0.3, -0.25) is 0 Å². The van der Waals surface area contributed by atoms with Crippen LogP contribution in [-0.2, 0) is 4.74 Å². The van der Waals surface area contributed by atoms with Crippen LogP contribution in [0.4, 0.5) is 4.39 Å². The molecule has 0 saturated carbocycles. The van der Waals surface area contributed by atoms with Crippen LogP contribution in [0, 0.1) is 11.2 Å². The lowest BCUT2D eigenvalue weighted by molar-refractivity contribution is -0.0168. The van der Waals surface area contributed by atoms with Crippen molar-refractivity contribution < 1.29 is 9.13 Å². The molecular formula is C14H20FNO. The van der Waals surface area contributed by atoms with Gasteiger partial charge in [0.25, 0.3) is 0 Å². The number of hydrogen-bond acceptors (Lipinski definition) is 2. The zero-order valence-corrected chi connectivity index (χ0v) is 10.7. The van der Waals surface area contributed by atoms with Crippen LogP contribution >= 0.6 is 0 Å². The van der Waals surface area contributed by atoms with Crippen LogP contribution in [-0.4, -0.2) is 19.3 Å². The van der Waals surface area contributed by atoms with E-state index in [9.17, 15) is 4.39 Å². The van der Waals surface area contributed by atoms with Crippen LogP contribution in [0.2, 0.25) is 0 Å². The van der Waals surface area contributed by atoms with E-state index in [2.05, 4.69) is 26.1 Å². The van der Waals surface area contributed by atoms with E-state index in [-0.39, 0.29) is 17.3 Å². The summed E-state index contributed by atoms with van der Waals surface area (Å²) >= 11 is 0. The lowest BCUT2D eigenvalue weighted by atomic mass is 9.82. The maximum absolute atomic E-state index is 12.9. The molecule has 3 heteroatoms. The van der Waals surface area contributed by atoms with Crippen molar-refractivity contribution in [3.63, 3.8) is 0 Å². The van der Waals surface area contributed by atoms with Gasteiger partial charge in [-0.15, -0.1) is 0 Å². The second-order valence-electron chi connectivity index (χ2n) is 5.75. The van der Waals surface area contributed by atoms with Gasteiger partial charge in [0.1, 0.15) is 5.82 Å². The van der Waals surface area contributed by atoms with Crippen molar-refractivity contribution in [3.8, 4) is 0 Å². The Balaban J connectivity index is 2.16. The normalized spacial score (nSPS) is 18.8. The molecule has 2 rings (SSSR count). The summed E-state index contributed by atoms with van der Waals surface area (Å²) in [4.78, 5) is 0. The van der Waals surface area contributed by atoms with Crippen LogP contribution in [0.15, 0.2) is 24.3 Å². The number of halogens is 1. The van der Waals surface area contributed by atoms with Crippen molar-refractivity contribution >= 4 is 0 Å². The van der Waals surface area contributed by atoms with Crippen molar-refractivity contribution in [2.75, 3.05) is 13.2 Å². The van der Waals surface area contributed by atoms with Crippen molar-refractivity contribution in [1.29, 1.82) is 0 Å². The molecule has 0 aromatic heterocycles. The lowest BCUT2D eigenvalue weighted by Gasteiger charge is -2.38. The monoisotopic (exact) mass is 237 g/mol. The highest BCUT2D eigenvalue weighted by molar-refractivity contribution is 5.22. The number of hydrogen-bond donors (Lipinski definition) is 1. The fourth-order valence-corrected chi connectivity index (χ4v) is 2.07. The summed E-state index contributed by atoms with van der Waals surface area (Å²) in [6.45, 7) is 8.11. The third-order valence-corrected chi connectivity index (χ3v) is 3.11. The summed E-state index contributed by atoms with van der Waals surface area (Å²) in [5.41, 5.74) is 1.22. The first-order valence-corrected chi connectivity index (χ1v) is 6.06. The quantitative estimate of drug-likeness (QED) is 0.872. The predicted molar refractivity (Wildman–Crippen MR) is 66.3 cm³/mol. The molecule has 0 radical (unpaired) electrons. The second-order valence-corrected chi connectivity index (χ2v) is 5.75. The van der Waals surface area contributed by atoms with E-state index in [1.807, 2.05) is 12.1 Å². The minimum absolute atomic E-state index is 0.0907. The molecule has 1 aromatic carbocycles. The molecule has 1 heterocycles. The lowest BCUT2D eigenvalue weighted by Crippen LogP contribution is -2.50. The van der Waals surface area contributed by atoms with Gasteiger partial charge in [-0.1, -0.05) is 32.9 Å². The molecule has 1 saturated heterocycles. The molecule has 1 aromatic rings. The molecule has 0 amide bonds. The molecule has 0 bridgehead atoms. The van der Waals surface area contributed by atoms with Crippen molar-refractivity contribution in [3.05, 3.63) is 35.6 Å². The Morgan fingerprint density at radius 3 is 2.24 bits per heavy atom. The Bertz CT molecular complexity index is 365. The number of ether oxygens (including phenoxy) is 1. The first kappa shape index (κ1) is 12.5. The summed E-state index contributed by atoms with van der Waals surface area (Å²) < 4.78 is 18.1. The number of rotatable bonds is 3. The van der Waals surface area contributed by atoms with Gasteiger partial charge in [0, 0.05) is 6.04 Å². The zero-order valence-electron chi connectivity index (χ0n) is 10.7. The topological polar surface area (TPSA) is 21.3 Å². The maximum Gasteiger partial charge on any atom is 0.123 e. The predicted octanol–water partition coefficient (Wildman–Crippen LogP) is 2.90. The summed E-state index contributed by atoms with van der Waals surface area (Å²) in [6.07, 6.45) is 0. The summed E-state index contributed by atoms with van der Waals surface area (Å²) in [7, 11) is 0. The number of benzene rings is 1. The van der Waals surface area contributed by atoms with E-state index in [4.69, 9.17) is 4.74 Å². The van der Waals surface area contributed by atoms with Crippen molar-refractivity contribution in [2.24, 2.45) is 5.41 Å².